The number of pyridine rings is 1. The highest BCUT2D eigenvalue weighted by atomic mass is 79.9. The highest BCUT2D eigenvalue weighted by Gasteiger charge is 2.08. The third-order valence-corrected chi connectivity index (χ3v) is 2.76. The first-order chi connectivity index (χ1) is 9.58. The number of ether oxygens (including phenoxy) is 2. The number of carbonyl (C=O) groups excluding carboxylic acids is 1. The minimum Gasteiger partial charge on any atom is -0.462 e. The summed E-state index contributed by atoms with van der Waals surface area (Å²) in [5, 5.41) is 0. The van der Waals surface area contributed by atoms with E-state index in [9.17, 15) is 9.18 Å². The average Bonchev–Trinajstić information content (AvgIpc) is 2.38. The summed E-state index contributed by atoms with van der Waals surface area (Å²) in [6.45, 7) is 2.03. The molecular weight excluding hydrogens is 329 g/mol. The van der Waals surface area contributed by atoms with Gasteiger partial charge in [-0.15, -0.1) is 0 Å². The van der Waals surface area contributed by atoms with Crippen LogP contribution in [-0.2, 0) is 4.74 Å². The molecule has 0 bridgehead atoms. The summed E-state index contributed by atoms with van der Waals surface area (Å²) in [6.07, 6.45) is 1.35. The average molecular weight is 340 g/mol. The van der Waals surface area contributed by atoms with Crippen molar-refractivity contribution in [3.05, 3.63) is 52.4 Å². The van der Waals surface area contributed by atoms with E-state index in [2.05, 4.69) is 20.9 Å². The highest BCUT2D eigenvalue weighted by molar-refractivity contribution is 9.10. The Morgan fingerprint density at radius 1 is 1.35 bits per heavy atom. The fourth-order valence-corrected chi connectivity index (χ4v) is 1.93. The molecule has 20 heavy (non-hydrogen) atoms. The molecule has 0 spiro atoms. The maximum atomic E-state index is 13.2. The quantitative estimate of drug-likeness (QED) is 0.791. The SMILES string of the molecule is CCOC(=O)c1ccc(Oc2cc(F)cc(Br)c2)nc1. The van der Waals surface area contributed by atoms with E-state index < -0.39 is 11.8 Å². The van der Waals surface area contributed by atoms with Crippen LogP contribution in [0.1, 0.15) is 17.3 Å². The summed E-state index contributed by atoms with van der Waals surface area (Å²) in [7, 11) is 0. The summed E-state index contributed by atoms with van der Waals surface area (Å²) in [5.41, 5.74) is 0.333. The summed E-state index contributed by atoms with van der Waals surface area (Å²) < 4.78 is 24.0. The summed E-state index contributed by atoms with van der Waals surface area (Å²) in [4.78, 5) is 15.4. The van der Waals surface area contributed by atoms with Crippen molar-refractivity contribution in [2.45, 2.75) is 6.92 Å². The second-order valence-corrected chi connectivity index (χ2v) is 4.73. The lowest BCUT2D eigenvalue weighted by Gasteiger charge is -2.06. The molecule has 1 aromatic heterocycles. The molecular formula is C14H11BrFNO3. The lowest BCUT2D eigenvalue weighted by Crippen LogP contribution is -2.04. The van der Waals surface area contributed by atoms with Crippen LogP contribution in [0.5, 0.6) is 11.6 Å². The molecule has 0 N–H and O–H groups in total. The van der Waals surface area contributed by atoms with Gasteiger partial charge >= 0.3 is 5.97 Å². The molecule has 0 radical (unpaired) electrons. The standard InChI is InChI=1S/C14H11BrFNO3/c1-2-19-14(18)9-3-4-13(17-8-9)20-12-6-10(15)5-11(16)7-12/h3-8H,2H2,1H3. The topological polar surface area (TPSA) is 48.4 Å². The number of esters is 1. The Kier molecular flexibility index (Phi) is 4.68. The summed E-state index contributed by atoms with van der Waals surface area (Å²) >= 11 is 3.17. The molecule has 0 amide bonds. The lowest BCUT2D eigenvalue weighted by atomic mass is 10.3. The van der Waals surface area contributed by atoms with Crippen molar-refractivity contribution in [1.82, 2.24) is 4.98 Å². The molecule has 1 aromatic carbocycles. The fourth-order valence-electron chi connectivity index (χ4n) is 1.48. The third kappa shape index (κ3) is 3.77. The molecule has 104 valence electrons. The molecule has 0 aliphatic heterocycles. The van der Waals surface area contributed by atoms with E-state index in [0.717, 1.165) is 0 Å². The smallest absolute Gasteiger partial charge is 0.339 e. The fraction of sp³-hybridized carbons (Fsp3) is 0.143. The van der Waals surface area contributed by atoms with Crippen LogP contribution in [-0.4, -0.2) is 17.6 Å². The minimum atomic E-state index is -0.444. The monoisotopic (exact) mass is 339 g/mol. The maximum absolute atomic E-state index is 13.2. The van der Waals surface area contributed by atoms with Gasteiger partial charge in [0.1, 0.15) is 11.6 Å². The van der Waals surface area contributed by atoms with Crippen LogP contribution in [0.3, 0.4) is 0 Å². The Morgan fingerprint density at radius 2 is 2.15 bits per heavy atom. The number of hydrogen-bond donors (Lipinski definition) is 0. The van der Waals surface area contributed by atoms with Crippen LogP contribution in [0.4, 0.5) is 4.39 Å². The van der Waals surface area contributed by atoms with Crippen LogP contribution in [0, 0.1) is 5.82 Å². The third-order valence-electron chi connectivity index (χ3n) is 2.31. The molecule has 4 nitrogen and oxygen atoms in total. The molecule has 0 atom stereocenters. The molecule has 0 aliphatic carbocycles. The number of benzene rings is 1. The molecule has 0 saturated heterocycles. The van der Waals surface area contributed by atoms with Gasteiger partial charge in [-0.05, 0) is 25.1 Å². The van der Waals surface area contributed by atoms with Gasteiger partial charge in [-0.2, -0.15) is 0 Å². The second kappa shape index (κ2) is 6.47. The number of hydrogen-bond acceptors (Lipinski definition) is 4. The van der Waals surface area contributed by atoms with Gasteiger partial charge in [0.15, 0.2) is 0 Å². The maximum Gasteiger partial charge on any atom is 0.339 e. The number of rotatable bonds is 4. The number of nitrogens with zero attached hydrogens (tertiary/aromatic N) is 1. The zero-order valence-corrected chi connectivity index (χ0v) is 12.2. The van der Waals surface area contributed by atoms with Gasteiger partial charge in [0.2, 0.25) is 5.88 Å². The van der Waals surface area contributed by atoms with Crippen molar-refractivity contribution in [2.24, 2.45) is 0 Å². The zero-order valence-electron chi connectivity index (χ0n) is 10.6. The zero-order chi connectivity index (χ0) is 14.5. The van der Waals surface area contributed by atoms with Gasteiger partial charge in [0, 0.05) is 22.8 Å². The lowest BCUT2D eigenvalue weighted by molar-refractivity contribution is 0.0526. The van der Waals surface area contributed by atoms with Crippen molar-refractivity contribution < 1.29 is 18.7 Å². The van der Waals surface area contributed by atoms with Crippen molar-refractivity contribution in [3.8, 4) is 11.6 Å². The van der Waals surface area contributed by atoms with Crippen LogP contribution in [0.15, 0.2) is 41.0 Å². The number of halogens is 2. The van der Waals surface area contributed by atoms with E-state index in [0.29, 0.717) is 22.4 Å². The van der Waals surface area contributed by atoms with E-state index in [1.807, 2.05) is 0 Å². The van der Waals surface area contributed by atoms with Gasteiger partial charge in [0.05, 0.1) is 12.2 Å². The largest absolute Gasteiger partial charge is 0.462 e. The molecule has 2 rings (SSSR count). The van der Waals surface area contributed by atoms with Gasteiger partial charge in [-0.25, -0.2) is 14.2 Å². The summed E-state index contributed by atoms with van der Waals surface area (Å²) in [5.74, 6) is -0.290. The number of carbonyl (C=O) groups is 1. The van der Waals surface area contributed by atoms with E-state index in [-0.39, 0.29) is 5.88 Å². The van der Waals surface area contributed by atoms with E-state index >= 15 is 0 Å². The molecule has 2 aromatic rings. The van der Waals surface area contributed by atoms with Crippen LogP contribution >= 0.6 is 15.9 Å². The predicted octanol–water partition coefficient (Wildman–Crippen LogP) is 3.95. The van der Waals surface area contributed by atoms with Crippen molar-refractivity contribution in [3.63, 3.8) is 0 Å². The molecule has 1 heterocycles. The Hall–Kier alpha value is -1.95. The Bertz CT molecular complexity index is 596. The van der Waals surface area contributed by atoms with Gasteiger partial charge in [-0.1, -0.05) is 15.9 Å². The van der Waals surface area contributed by atoms with Crippen LogP contribution in [0.2, 0.25) is 0 Å². The van der Waals surface area contributed by atoms with Crippen LogP contribution < -0.4 is 4.74 Å². The first kappa shape index (κ1) is 14.5. The molecule has 0 unspecified atom stereocenters. The Morgan fingerprint density at radius 3 is 2.75 bits per heavy atom. The van der Waals surface area contributed by atoms with Crippen molar-refractivity contribution in [1.29, 1.82) is 0 Å². The van der Waals surface area contributed by atoms with E-state index in [1.165, 1.54) is 30.5 Å². The minimum absolute atomic E-state index is 0.260. The predicted molar refractivity (Wildman–Crippen MR) is 74.4 cm³/mol. The molecule has 6 heteroatoms. The molecule has 0 saturated carbocycles. The van der Waals surface area contributed by atoms with E-state index in [1.54, 1.807) is 13.0 Å². The molecule has 0 fully saturated rings. The van der Waals surface area contributed by atoms with Crippen molar-refractivity contribution >= 4 is 21.9 Å². The first-order valence-corrected chi connectivity index (χ1v) is 6.65. The summed E-state index contributed by atoms with van der Waals surface area (Å²) in [6, 6.07) is 7.24. The van der Waals surface area contributed by atoms with Crippen LogP contribution in [0.25, 0.3) is 0 Å². The highest BCUT2D eigenvalue weighted by Crippen LogP contribution is 2.24. The number of aromatic nitrogens is 1. The Labute approximate surface area is 123 Å². The van der Waals surface area contributed by atoms with Gasteiger partial charge in [-0.3, -0.25) is 0 Å². The van der Waals surface area contributed by atoms with Crippen molar-refractivity contribution in [2.75, 3.05) is 6.61 Å². The first-order valence-electron chi connectivity index (χ1n) is 5.85. The van der Waals surface area contributed by atoms with E-state index in [4.69, 9.17) is 9.47 Å². The molecule has 0 aliphatic rings. The van der Waals surface area contributed by atoms with Gasteiger partial charge < -0.3 is 9.47 Å². The Balaban J connectivity index is 2.12. The normalized spacial score (nSPS) is 10.2. The second-order valence-electron chi connectivity index (χ2n) is 3.81. The van der Waals surface area contributed by atoms with Gasteiger partial charge in [0.25, 0.3) is 0 Å².